The summed E-state index contributed by atoms with van der Waals surface area (Å²) in [6.45, 7) is 1.17. The Morgan fingerprint density at radius 3 is 3.00 bits per heavy atom. The van der Waals surface area contributed by atoms with Crippen LogP contribution in [0.2, 0.25) is 0 Å². The van der Waals surface area contributed by atoms with Gasteiger partial charge in [0.25, 0.3) is 0 Å². The SMILES string of the molecule is O[C@H]1CO[C@H]2O[C@H]3OCC[C@H]3[C@H]21. The lowest BCUT2D eigenvalue weighted by atomic mass is 9.89. The number of hydrogen-bond donors (Lipinski definition) is 1. The van der Waals surface area contributed by atoms with Crippen LogP contribution in [0.5, 0.6) is 0 Å². The van der Waals surface area contributed by atoms with Crippen LogP contribution < -0.4 is 0 Å². The van der Waals surface area contributed by atoms with Crippen molar-refractivity contribution in [2.24, 2.45) is 11.8 Å². The first kappa shape index (κ1) is 7.26. The summed E-state index contributed by atoms with van der Waals surface area (Å²) < 4.78 is 16.1. The molecule has 4 heteroatoms. The summed E-state index contributed by atoms with van der Waals surface area (Å²) in [5, 5.41) is 9.59. The first-order valence-electron chi connectivity index (χ1n) is 4.43. The molecule has 1 N–H and O–H groups in total. The maximum Gasteiger partial charge on any atom is 0.166 e. The average Bonchev–Trinajstić information content (AvgIpc) is 2.61. The van der Waals surface area contributed by atoms with Gasteiger partial charge in [0.1, 0.15) is 0 Å². The van der Waals surface area contributed by atoms with Gasteiger partial charge in [-0.15, -0.1) is 0 Å². The third-order valence-electron chi connectivity index (χ3n) is 3.04. The second-order valence-corrected chi connectivity index (χ2v) is 3.67. The van der Waals surface area contributed by atoms with E-state index in [1.54, 1.807) is 0 Å². The number of rotatable bonds is 0. The van der Waals surface area contributed by atoms with Gasteiger partial charge in [0, 0.05) is 11.8 Å². The molecule has 0 amide bonds. The molecule has 0 saturated carbocycles. The first-order chi connectivity index (χ1) is 5.86. The lowest BCUT2D eigenvalue weighted by Crippen LogP contribution is -2.26. The molecule has 12 heavy (non-hydrogen) atoms. The third-order valence-corrected chi connectivity index (χ3v) is 3.04. The molecule has 0 aromatic heterocycles. The van der Waals surface area contributed by atoms with Gasteiger partial charge in [-0.3, -0.25) is 0 Å². The van der Waals surface area contributed by atoms with Crippen LogP contribution in [-0.4, -0.2) is 37.0 Å². The van der Waals surface area contributed by atoms with Crippen molar-refractivity contribution in [1.82, 2.24) is 0 Å². The highest BCUT2D eigenvalue weighted by Crippen LogP contribution is 2.44. The Kier molecular flexibility index (Phi) is 1.46. The van der Waals surface area contributed by atoms with E-state index in [0.717, 1.165) is 13.0 Å². The van der Waals surface area contributed by atoms with Gasteiger partial charge in [0.05, 0.1) is 19.3 Å². The summed E-state index contributed by atoms with van der Waals surface area (Å²) in [6.07, 6.45) is 0.309. The molecule has 4 nitrogen and oxygen atoms in total. The van der Waals surface area contributed by atoms with Gasteiger partial charge in [0.2, 0.25) is 0 Å². The molecule has 68 valence electrons. The van der Waals surface area contributed by atoms with E-state index < -0.39 is 0 Å². The minimum atomic E-state index is -0.355. The molecule has 0 aromatic rings. The molecule has 0 aliphatic carbocycles. The minimum Gasteiger partial charge on any atom is -0.390 e. The number of fused-ring (bicyclic) bond motifs is 3. The topological polar surface area (TPSA) is 47.9 Å². The van der Waals surface area contributed by atoms with Crippen LogP contribution in [-0.2, 0) is 14.2 Å². The first-order valence-corrected chi connectivity index (χ1v) is 4.43. The van der Waals surface area contributed by atoms with Crippen LogP contribution in [0.15, 0.2) is 0 Å². The number of ether oxygens (including phenoxy) is 3. The van der Waals surface area contributed by atoms with Gasteiger partial charge in [-0.1, -0.05) is 0 Å². The molecule has 3 aliphatic rings. The summed E-state index contributed by atoms with van der Waals surface area (Å²) in [5.74, 6) is 0.505. The molecule has 0 bridgehead atoms. The van der Waals surface area contributed by atoms with Gasteiger partial charge in [-0.25, -0.2) is 0 Å². The summed E-state index contributed by atoms with van der Waals surface area (Å²) in [7, 11) is 0. The highest BCUT2D eigenvalue weighted by atomic mass is 16.8. The van der Waals surface area contributed by atoms with E-state index in [9.17, 15) is 5.11 Å². The summed E-state index contributed by atoms with van der Waals surface area (Å²) in [5.41, 5.74) is 0. The van der Waals surface area contributed by atoms with Crippen molar-refractivity contribution in [2.45, 2.75) is 25.1 Å². The van der Waals surface area contributed by atoms with Crippen LogP contribution in [0.25, 0.3) is 0 Å². The lowest BCUT2D eigenvalue weighted by molar-refractivity contribution is -0.188. The predicted octanol–water partition coefficient (Wildman–Crippen LogP) is -0.287. The van der Waals surface area contributed by atoms with E-state index in [1.165, 1.54) is 0 Å². The highest BCUT2D eigenvalue weighted by Gasteiger charge is 2.54. The van der Waals surface area contributed by atoms with Gasteiger partial charge in [-0.2, -0.15) is 0 Å². The maximum atomic E-state index is 9.59. The molecule has 3 fully saturated rings. The Hall–Kier alpha value is -0.160. The van der Waals surface area contributed by atoms with E-state index in [1.807, 2.05) is 0 Å². The van der Waals surface area contributed by atoms with Crippen molar-refractivity contribution in [3.05, 3.63) is 0 Å². The molecular weight excluding hydrogens is 160 g/mol. The van der Waals surface area contributed by atoms with E-state index in [0.29, 0.717) is 12.5 Å². The number of hydrogen-bond acceptors (Lipinski definition) is 4. The number of aliphatic hydroxyl groups excluding tert-OH is 1. The van der Waals surface area contributed by atoms with Crippen molar-refractivity contribution in [3.63, 3.8) is 0 Å². The molecule has 3 aliphatic heterocycles. The zero-order chi connectivity index (χ0) is 8.13. The standard InChI is InChI=1S/C8H12O4/c9-5-3-11-8-6(5)4-1-2-10-7(4)12-8/h4-9H,1-3H2/t4-,5-,6-,7+,8-/m0/s1. The summed E-state index contributed by atoms with van der Waals surface area (Å²) in [4.78, 5) is 0. The second-order valence-electron chi connectivity index (χ2n) is 3.67. The average molecular weight is 172 g/mol. The molecule has 5 atom stereocenters. The Bertz CT molecular complexity index is 195. The minimum absolute atomic E-state index is 0.116. The van der Waals surface area contributed by atoms with Crippen molar-refractivity contribution in [3.8, 4) is 0 Å². The van der Waals surface area contributed by atoms with Crippen LogP contribution in [0.3, 0.4) is 0 Å². The Balaban J connectivity index is 1.85. The monoisotopic (exact) mass is 172 g/mol. The lowest BCUT2D eigenvalue weighted by Gasteiger charge is -2.14. The molecule has 3 saturated heterocycles. The molecule has 3 rings (SSSR count). The summed E-state index contributed by atoms with van der Waals surface area (Å²) in [6, 6.07) is 0. The van der Waals surface area contributed by atoms with Crippen LogP contribution >= 0.6 is 0 Å². The maximum absolute atomic E-state index is 9.59. The highest BCUT2D eigenvalue weighted by molar-refractivity contribution is 4.93. The van der Waals surface area contributed by atoms with E-state index >= 15 is 0 Å². The van der Waals surface area contributed by atoms with Gasteiger partial charge < -0.3 is 19.3 Å². The van der Waals surface area contributed by atoms with Crippen molar-refractivity contribution in [2.75, 3.05) is 13.2 Å². The summed E-state index contributed by atoms with van der Waals surface area (Å²) >= 11 is 0. The predicted molar refractivity (Wildman–Crippen MR) is 38.2 cm³/mol. The molecule has 0 unspecified atom stereocenters. The molecule has 0 aromatic carbocycles. The number of aliphatic hydroxyl groups is 1. The zero-order valence-corrected chi connectivity index (χ0v) is 6.68. The fraction of sp³-hybridized carbons (Fsp3) is 1.00. The van der Waals surface area contributed by atoms with Crippen molar-refractivity contribution >= 4 is 0 Å². The smallest absolute Gasteiger partial charge is 0.166 e. The van der Waals surface area contributed by atoms with Gasteiger partial charge >= 0.3 is 0 Å². The van der Waals surface area contributed by atoms with Gasteiger partial charge in [0.15, 0.2) is 12.6 Å². The third kappa shape index (κ3) is 0.808. The van der Waals surface area contributed by atoms with E-state index in [2.05, 4.69) is 0 Å². The van der Waals surface area contributed by atoms with Crippen LogP contribution in [0.1, 0.15) is 6.42 Å². The van der Waals surface area contributed by atoms with Crippen LogP contribution in [0, 0.1) is 11.8 Å². The zero-order valence-electron chi connectivity index (χ0n) is 6.68. The van der Waals surface area contributed by atoms with Crippen molar-refractivity contribution in [1.29, 1.82) is 0 Å². The molecule has 3 heterocycles. The largest absolute Gasteiger partial charge is 0.390 e. The van der Waals surface area contributed by atoms with Gasteiger partial charge in [-0.05, 0) is 6.42 Å². The Morgan fingerprint density at radius 2 is 2.08 bits per heavy atom. The second kappa shape index (κ2) is 2.42. The van der Waals surface area contributed by atoms with E-state index in [-0.39, 0.29) is 24.6 Å². The fourth-order valence-electron chi connectivity index (χ4n) is 2.44. The quantitative estimate of drug-likeness (QED) is 0.545. The molecular formula is C8H12O4. The molecule has 0 radical (unpaired) electrons. The fourth-order valence-corrected chi connectivity index (χ4v) is 2.44. The van der Waals surface area contributed by atoms with Crippen molar-refractivity contribution < 1.29 is 19.3 Å². The molecule has 0 spiro atoms. The van der Waals surface area contributed by atoms with E-state index in [4.69, 9.17) is 14.2 Å². The van der Waals surface area contributed by atoms with Crippen LogP contribution in [0.4, 0.5) is 0 Å². The Labute approximate surface area is 70.4 Å². The normalized spacial score (nSPS) is 57.2. The Morgan fingerprint density at radius 1 is 1.17 bits per heavy atom.